The second kappa shape index (κ2) is 7.87. The average Bonchev–Trinajstić information content (AvgIpc) is 2.31. The smallest absolute Gasteiger partial charge is 0.331 e. The van der Waals surface area contributed by atoms with Gasteiger partial charge in [0.2, 0.25) is 5.91 Å². The Kier molecular flexibility index (Phi) is 7.27. The molecule has 0 aliphatic carbocycles. The van der Waals surface area contributed by atoms with Crippen LogP contribution in [0.2, 0.25) is 0 Å². The van der Waals surface area contributed by atoms with E-state index in [2.05, 4.69) is 4.90 Å². The topological polar surface area (TPSA) is 60.9 Å². The summed E-state index contributed by atoms with van der Waals surface area (Å²) in [5.41, 5.74) is 0.431. The molecular weight excluding hydrogens is 232 g/mol. The zero-order valence-electron chi connectivity index (χ0n) is 12.0. The summed E-state index contributed by atoms with van der Waals surface area (Å²) >= 11 is 0. The fourth-order valence-electron chi connectivity index (χ4n) is 1.54. The number of carbonyl (C=O) groups is 2. The molecule has 0 saturated heterocycles. The van der Waals surface area contributed by atoms with Gasteiger partial charge in [0.1, 0.15) is 0 Å². The van der Waals surface area contributed by atoms with E-state index in [9.17, 15) is 9.59 Å². The second-order valence-electron chi connectivity index (χ2n) is 4.60. The minimum Gasteiger partial charge on any atom is -0.478 e. The molecule has 0 spiro atoms. The largest absolute Gasteiger partial charge is 0.478 e. The molecule has 0 heterocycles. The highest BCUT2D eigenvalue weighted by molar-refractivity contribution is 6.01. The highest BCUT2D eigenvalue weighted by Gasteiger charge is 2.17. The first-order valence-electron chi connectivity index (χ1n) is 6.16. The van der Waals surface area contributed by atoms with Crippen molar-refractivity contribution >= 4 is 11.9 Å². The van der Waals surface area contributed by atoms with Crippen molar-refractivity contribution in [1.29, 1.82) is 0 Å². The van der Waals surface area contributed by atoms with Crippen molar-refractivity contribution in [3.8, 4) is 0 Å². The second-order valence-corrected chi connectivity index (χ2v) is 4.60. The summed E-state index contributed by atoms with van der Waals surface area (Å²) in [5.74, 6) is -1.22. The van der Waals surface area contributed by atoms with Crippen molar-refractivity contribution in [2.24, 2.45) is 0 Å². The van der Waals surface area contributed by atoms with Gasteiger partial charge in [0.05, 0.1) is 0 Å². The number of aliphatic carboxylic acids is 1. The number of rotatable bonds is 7. The summed E-state index contributed by atoms with van der Waals surface area (Å²) in [7, 11) is 3.97. The molecule has 18 heavy (non-hydrogen) atoms. The average molecular weight is 256 g/mol. The lowest BCUT2D eigenvalue weighted by atomic mass is 10.1. The molecule has 0 aromatic rings. The van der Waals surface area contributed by atoms with Gasteiger partial charge in [0, 0.05) is 24.2 Å². The third-order valence-corrected chi connectivity index (χ3v) is 2.91. The number of carboxylic acid groups (broad SMARTS) is 1. The number of hydrogen-bond acceptors (Lipinski definition) is 3. The molecule has 104 valence electrons. The van der Waals surface area contributed by atoms with Crippen LogP contribution in [0.4, 0.5) is 0 Å². The number of amides is 1. The van der Waals surface area contributed by atoms with Crippen molar-refractivity contribution in [2.75, 3.05) is 33.7 Å². The molecule has 0 aromatic carbocycles. The van der Waals surface area contributed by atoms with E-state index in [-0.39, 0.29) is 11.5 Å². The van der Waals surface area contributed by atoms with Gasteiger partial charge in [-0.05, 0) is 47.8 Å². The molecule has 5 heteroatoms. The minimum absolute atomic E-state index is 0.117. The van der Waals surface area contributed by atoms with Gasteiger partial charge in [-0.1, -0.05) is 0 Å². The maximum Gasteiger partial charge on any atom is 0.331 e. The maximum atomic E-state index is 12.1. The van der Waals surface area contributed by atoms with Crippen molar-refractivity contribution in [3.05, 3.63) is 11.1 Å². The summed E-state index contributed by atoms with van der Waals surface area (Å²) in [6.07, 6.45) is 0.881. The van der Waals surface area contributed by atoms with Crippen molar-refractivity contribution in [2.45, 2.75) is 27.2 Å². The van der Waals surface area contributed by atoms with E-state index in [1.807, 2.05) is 21.0 Å². The van der Waals surface area contributed by atoms with Crippen LogP contribution in [0.5, 0.6) is 0 Å². The maximum absolute atomic E-state index is 12.1. The summed E-state index contributed by atoms with van der Waals surface area (Å²) in [6.45, 7) is 7.08. The first-order chi connectivity index (χ1) is 8.31. The van der Waals surface area contributed by atoms with Gasteiger partial charge in [-0.2, -0.15) is 0 Å². The summed E-state index contributed by atoms with van der Waals surface area (Å²) in [5, 5.41) is 8.87. The SMILES string of the molecule is CCN(CCCN(C)C)C(=O)C(C)=C(C)C(=O)O. The van der Waals surface area contributed by atoms with E-state index in [0.717, 1.165) is 13.0 Å². The zero-order chi connectivity index (χ0) is 14.3. The van der Waals surface area contributed by atoms with Crippen LogP contribution in [0.3, 0.4) is 0 Å². The van der Waals surface area contributed by atoms with Gasteiger partial charge >= 0.3 is 5.97 Å². The standard InChI is InChI=1S/C13H24N2O3/c1-6-15(9-7-8-14(4)5)12(16)10(2)11(3)13(17)18/h6-9H2,1-5H3,(H,17,18). The molecule has 0 unspecified atom stereocenters. The van der Waals surface area contributed by atoms with Gasteiger partial charge in [-0.15, -0.1) is 0 Å². The van der Waals surface area contributed by atoms with Crippen LogP contribution in [-0.2, 0) is 9.59 Å². The van der Waals surface area contributed by atoms with Gasteiger partial charge < -0.3 is 14.9 Å². The highest BCUT2D eigenvalue weighted by atomic mass is 16.4. The molecule has 0 fully saturated rings. The lowest BCUT2D eigenvalue weighted by Gasteiger charge is -2.22. The lowest BCUT2D eigenvalue weighted by Crippen LogP contribution is -2.34. The normalized spacial score (nSPS) is 12.3. The monoisotopic (exact) mass is 256 g/mol. The predicted molar refractivity (Wildman–Crippen MR) is 71.4 cm³/mol. The Morgan fingerprint density at radius 2 is 1.61 bits per heavy atom. The van der Waals surface area contributed by atoms with E-state index in [0.29, 0.717) is 18.7 Å². The quantitative estimate of drug-likeness (QED) is 0.695. The molecule has 0 radical (unpaired) electrons. The van der Waals surface area contributed by atoms with Crippen LogP contribution >= 0.6 is 0 Å². The van der Waals surface area contributed by atoms with E-state index in [1.165, 1.54) is 6.92 Å². The zero-order valence-corrected chi connectivity index (χ0v) is 12.0. The third-order valence-electron chi connectivity index (χ3n) is 2.91. The van der Waals surface area contributed by atoms with Gasteiger partial charge in [0.25, 0.3) is 0 Å². The molecule has 0 saturated carbocycles. The molecular formula is C13H24N2O3. The van der Waals surface area contributed by atoms with Crippen LogP contribution in [0.15, 0.2) is 11.1 Å². The Bertz CT molecular complexity index is 335. The van der Waals surface area contributed by atoms with Crippen molar-refractivity contribution in [1.82, 2.24) is 9.80 Å². The molecule has 0 bridgehead atoms. The fraction of sp³-hybridized carbons (Fsp3) is 0.692. The van der Waals surface area contributed by atoms with E-state index in [1.54, 1.807) is 11.8 Å². The lowest BCUT2D eigenvalue weighted by molar-refractivity contribution is -0.133. The van der Waals surface area contributed by atoms with Gasteiger partial charge in [-0.25, -0.2) is 4.79 Å². The summed E-state index contributed by atoms with van der Waals surface area (Å²) in [6, 6.07) is 0. The molecule has 0 aliphatic heterocycles. The molecule has 1 N–H and O–H groups in total. The van der Waals surface area contributed by atoms with Crippen LogP contribution in [-0.4, -0.2) is 60.5 Å². The molecule has 0 atom stereocenters. The number of nitrogens with zero attached hydrogens (tertiary/aromatic N) is 2. The fourth-order valence-corrected chi connectivity index (χ4v) is 1.54. The Morgan fingerprint density at radius 3 is 2.00 bits per heavy atom. The predicted octanol–water partition coefficient (Wildman–Crippen LogP) is 1.21. The third kappa shape index (κ3) is 5.31. The van der Waals surface area contributed by atoms with Crippen LogP contribution in [0.1, 0.15) is 27.2 Å². The van der Waals surface area contributed by atoms with E-state index in [4.69, 9.17) is 5.11 Å². The van der Waals surface area contributed by atoms with Crippen molar-refractivity contribution < 1.29 is 14.7 Å². The Morgan fingerprint density at radius 1 is 1.06 bits per heavy atom. The number of carbonyl (C=O) groups excluding carboxylic acids is 1. The minimum atomic E-state index is -1.04. The van der Waals surface area contributed by atoms with Gasteiger partial charge in [0.15, 0.2) is 0 Å². The van der Waals surface area contributed by atoms with E-state index >= 15 is 0 Å². The molecule has 0 rings (SSSR count). The number of hydrogen-bond donors (Lipinski definition) is 1. The highest BCUT2D eigenvalue weighted by Crippen LogP contribution is 2.08. The van der Waals surface area contributed by atoms with E-state index < -0.39 is 5.97 Å². The van der Waals surface area contributed by atoms with Crippen LogP contribution in [0, 0.1) is 0 Å². The molecule has 1 amide bonds. The summed E-state index contributed by atoms with van der Waals surface area (Å²) < 4.78 is 0. The molecule has 0 aliphatic rings. The number of carboxylic acids is 1. The molecule has 0 aromatic heterocycles. The Hall–Kier alpha value is -1.36. The Labute approximate surface area is 109 Å². The first-order valence-corrected chi connectivity index (χ1v) is 6.16. The summed E-state index contributed by atoms with van der Waals surface area (Å²) in [4.78, 5) is 26.7. The van der Waals surface area contributed by atoms with Crippen LogP contribution < -0.4 is 0 Å². The van der Waals surface area contributed by atoms with Crippen LogP contribution in [0.25, 0.3) is 0 Å². The Balaban J connectivity index is 4.62. The first kappa shape index (κ1) is 16.6. The van der Waals surface area contributed by atoms with Gasteiger partial charge in [-0.3, -0.25) is 4.79 Å². The number of likely N-dealkylation sites (N-methyl/N-ethyl adjacent to an activating group) is 1. The van der Waals surface area contributed by atoms with Crippen molar-refractivity contribution in [3.63, 3.8) is 0 Å². The molecule has 5 nitrogen and oxygen atoms in total.